The molecule has 2 N–H and O–H groups in total. The van der Waals surface area contributed by atoms with Crippen molar-refractivity contribution in [2.24, 2.45) is 0 Å². The summed E-state index contributed by atoms with van der Waals surface area (Å²) in [5, 5.41) is 10.5. The van der Waals surface area contributed by atoms with E-state index in [4.69, 9.17) is 0 Å². The highest BCUT2D eigenvalue weighted by Gasteiger charge is 2.31. The number of carbonyl (C=O) groups is 1. The molecule has 0 saturated carbocycles. The lowest BCUT2D eigenvalue weighted by atomic mass is 10.1. The summed E-state index contributed by atoms with van der Waals surface area (Å²) in [6.45, 7) is 1.35. The number of carbonyl (C=O) groups excluding carboxylic acids is 1. The first-order chi connectivity index (χ1) is 18.4. The van der Waals surface area contributed by atoms with Gasteiger partial charge in [0.2, 0.25) is 0 Å². The van der Waals surface area contributed by atoms with E-state index in [1.807, 2.05) is 30.3 Å². The van der Waals surface area contributed by atoms with Gasteiger partial charge in [0.05, 0.1) is 16.9 Å². The number of alkyl halides is 2. The molecule has 0 saturated heterocycles. The van der Waals surface area contributed by atoms with Crippen LogP contribution in [-0.4, -0.2) is 25.7 Å². The number of hydrogen-bond donors (Lipinski definition) is 2. The Morgan fingerprint density at radius 1 is 0.947 bits per heavy atom. The molecule has 0 atom stereocenters. The van der Waals surface area contributed by atoms with Crippen molar-refractivity contribution in [1.82, 2.24) is 19.7 Å². The lowest BCUT2D eigenvalue weighted by molar-refractivity contribution is 0.0102. The summed E-state index contributed by atoms with van der Waals surface area (Å²) in [7, 11) is 0. The maximum atomic E-state index is 14.4. The molecule has 0 aliphatic carbocycles. The van der Waals surface area contributed by atoms with Crippen LogP contribution in [0.25, 0.3) is 16.9 Å². The van der Waals surface area contributed by atoms with E-state index in [2.05, 4.69) is 25.7 Å². The van der Waals surface area contributed by atoms with Crippen molar-refractivity contribution in [3.05, 3.63) is 120 Å². The summed E-state index contributed by atoms with van der Waals surface area (Å²) in [4.78, 5) is 21.4. The van der Waals surface area contributed by atoms with Crippen LogP contribution in [0.3, 0.4) is 0 Å². The second-order valence-corrected chi connectivity index (χ2v) is 8.70. The lowest BCUT2D eigenvalue weighted by Gasteiger charge is -2.14. The monoisotopic (exact) mass is 510 g/mol. The number of halogens is 2. The second kappa shape index (κ2) is 10.6. The molecule has 3 aromatic heterocycles. The fourth-order valence-electron chi connectivity index (χ4n) is 3.94. The first-order valence-electron chi connectivity index (χ1n) is 11.9. The molecule has 0 aliphatic heterocycles. The fourth-order valence-corrected chi connectivity index (χ4v) is 3.94. The SMILES string of the molecule is CC(F)(F)c1cc(-c2cccnc2)nn1-c1ccc(NC(=O)c2cccnc2NCc2ccccc2)cc1. The van der Waals surface area contributed by atoms with Crippen molar-refractivity contribution in [2.45, 2.75) is 19.4 Å². The number of hydrogen-bond acceptors (Lipinski definition) is 5. The number of benzene rings is 2. The predicted octanol–water partition coefficient (Wildman–Crippen LogP) is 6.31. The second-order valence-electron chi connectivity index (χ2n) is 8.70. The van der Waals surface area contributed by atoms with E-state index in [1.165, 1.54) is 10.7 Å². The minimum Gasteiger partial charge on any atom is -0.365 e. The van der Waals surface area contributed by atoms with Crippen LogP contribution in [0.5, 0.6) is 0 Å². The van der Waals surface area contributed by atoms with Gasteiger partial charge in [-0.2, -0.15) is 13.9 Å². The van der Waals surface area contributed by atoms with Gasteiger partial charge in [0.1, 0.15) is 11.5 Å². The van der Waals surface area contributed by atoms with Gasteiger partial charge in [-0.05, 0) is 60.2 Å². The van der Waals surface area contributed by atoms with Gasteiger partial charge in [-0.3, -0.25) is 9.78 Å². The van der Waals surface area contributed by atoms with Gasteiger partial charge in [0.25, 0.3) is 11.8 Å². The van der Waals surface area contributed by atoms with Crippen LogP contribution in [0.15, 0.2) is 104 Å². The summed E-state index contributed by atoms with van der Waals surface area (Å²) in [5.41, 5.74) is 3.14. The molecule has 38 heavy (non-hydrogen) atoms. The van der Waals surface area contributed by atoms with E-state index >= 15 is 0 Å². The molecule has 2 aromatic carbocycles. The summed E-state index contributed by atoms with van der Waals surface area (Å²) in [6, 6.07) is 24.6. The molecule has 0 unspecified atom stereocenters. The van der Waals surface area contributed by atoms with Gasteiger partial charge in [-0.15, -0.1) is 0 Å². The molecule has 0 spiro atoms. The summed E-state index contributed by atoms with van der Waals surface area (Å²) < 4.78 is 30.1. The molecular weight excluding hydrogens is 486 g/mol. The Morgan fingerprint density at radius 3 is 2.42 bits per heavy atom. The number of amides is 1. The van der Waals surface area contributed by atoms with Crippen LogP contribution < -0.4 is 10.6 Å². The summed E-state index contributed by atoms with van der Waals surface area (Å²) >= 11 is 0. The fraction of sp³-hybridized carbons (Fsp3) is 0.103. The van der Waals surface area contributed by atoms with E-state index in [-0.39, 0.29) is 11.6 Å². The van der Waals surface area contributed by atoms with Crippen LogP contribution in [0.4, 0.5) is 20.3 Å². The molecule has 7 nitrogen and oxygen atoms in total. The number of nitrogens with zero attached hydrogens (tertiary/aromatic N) is 4. The highest BCUT2D eigenvalue weighted by Crippen LogP contribution is 2.32. The molecule has 5 rings (SSSR count). The summed E-state index contributed by atoms with van der Waals surface area (Å²) in [6.07, 6.45) is 4.80. The maximum absolute atomic E-state index is 14.4. The maximum Gasteiger partial charge on any atom is 0.287 e. The van der Waals surface area contributed by atoms with E-state index in [9.17, 15) is 13.6 Å². The highest BCUT2D eigenvalue weighted by molar-refractivity contribution is 6.07. The number of aromatic nitrogens is 4. The minimum atomic E-state index is -3.12. The zero-order chi connectivity index (χ0) is 26.5. The normalized spacial score (nSPS) is 11.2. The Hall–Kier alpha value is -4.92. The largest absolute Gasteiger partial charge is 0.365 e. The van der Waals surface area contributed by atoms with Crippen molar-refractivity contribution in [3.8, 4) is 16.9 Å². The number of anilines is 2. The lowest BCUT2D eigenvalue weighted by Crippen LogP contribution is -2.16. The number of rotatable bonds is 8. The predicted molar refractivity (Wildman–Crippen MR) is 142 cm³/mol. The van der Waals surface area contributed by atoms with Gasteiger partial charge in [-0.25, -0.2) is 9.67 Å². The van der Waals surface area contributed by atoms with Crippen LogP contribution in [0.1, 0.15) is 28.5 Å². The van der Waals surface area contributed by atoms with Crippen molar-refractivity contribution in [3.63, 3.8) is 0 Å². The third kappa shape index (κ3) is 5.57. The van der Waals surface area contributed by atoms with Gasteiger partial charge in [0, 0.05) is 43.3 Å². The summed E-state index contributed by atoms with van der Waals surface area (Å²) in [5.74, 6) is -3.01. The standard InChI is InChI=1S/C29H24F2N6O/c1-29(30,31)26-17-25(21-9-5-15-32-19-21)36-37(26)23-13-11-22(12-14-23)35-28(38)24-10-6-16-33-27(24)34-18-20-7-3-2-4-8-20/h2-17,19H,18H2,1H3,(H,33,34)(H,35,38). The van der Waals surface area contributed by atoms with Crippen molar-refractivity contribution in [2.75, 3.05) is 10.6 Å². The minimum absolute atomic E-state index is 0.252. The molecule has 1 amide bonds. The van der Waals surface area contributed by atoms with Crippen LogP contribution in [0, 0.1) is 0 Å². The van der Waals surface area contributed by atoms with Crippen molar-refractivity contribution >= 4 is 17.4 Å². The molecule has 0 fully saturated rings. The smallest absolute Gasteiger partial charge is 0.287 e. The molecule has 9 heteroatoms. The third-order valence-corrected chi connectivity index (χ3v) is 5.84. The Balaban J connectivity index is 1.35. The average molecular weight is 511 g/mol. The van der Waals surface area contributed by atoms with Gasteiger partial charge in [0.15, 0.2) is 0 Å². The number of nitrogens with one attached hydrogen (secondary N) is 2. The zero-order valence-corrected chi connectivity index (χ0v) is 20.5. The van der Waals surface area contributed by atoms with Gasteiger partial charge in [-0.1, -0.05) is 30.3 Å². The first-order valence-corrected chi connectivity index (χ1v) is 11.9. The van der Waals surface area contributed by atoms with Gasteiger partial charge < -0.3 is 10.6 Å². The highest BCUT2D eigenvalue weighted by atomic mass is 19.3. The Kier molecular flexibility index (Phi) is 6.90. The van der Waals surface area contributed by atoms with E-state index in [0.717, 1.165) is 12.5 Å². The van der Waals surface area contributed by atoms with Crippen molar-refractivity contribution in [1.29, 1.82) is 0 Å². The molecule has 190 valence electrons. The number of pyridine rings is 2. The molecule has 5 aromatic rings. The quantitative estimate of drug-likeness (QED) is 0.256. The van der Waals surface area contributed by atoms with E-state index < -0.39 is 5.92 Å². The topological polar surface area (TPSA) is 84.7 Å². The third-order valence-electron chi connectivity index (χ3n) is 5.84. The molecule has 0 radical (unpaired) electrons. The molecule has 3 heterocycles. The van der Waals surface area contributed by atoms with Crippen molar-refractivity contribution < 1.29 is 13.6 Å². The van der Waals surface area contributed by atoms with E-state index in [1.54, 1.807) is 67.1 Å². The molecule has 0 aliphatic rings. The Bertz CT molecular complexity index is 1530. The Morgan fingerprint density at radius 2 is 1.71 bits per heavy atom. The zero-order valence-electron chi connectivity index (χ0n) is 20.5. The van der Waals surface area contributed by atoms with Crippen LogP contribution in [-0.2, 0) is 12.5 Å². The van der Waals surface area contributed by atoms with Gasteiger partial charge >= 0.3 is 0 Å². The van der Waals surface area contributed by atoms with Crippen LogP contribution >= 0.6 is 0 Å². The molecule has 0 bridgehead atoms. The molecular formula is C29H24F2N6O. The Labute approximate surface area is 218 Å². The average Bonchev–Trinajstić information content (AvgIpc) is 3.40. The first kappa shape index (κ1) is 24.8. The van der Waals surface area contributed by atoms with Crippen LogP contribution in [0.2, 0.25) is 0 Å². The van der Waals surface area contributed by atoms with E-state index in [0.29, 0.717) is 40.6 Å².